The van der Waals surface area contributed by atoms with Gasteiger partial charge in [-0.05, 0) is 36.2 Å². The Kier molecular flexibility index (Phi) is 4.32. The Hall–Kier alpha value is -2.34. The number of ketones is 1. The lowest BCUT2D eigenvalue weighted by atomic mass is 10.0. The van der Waals surface area contributed by atoms with Crippen LogP contribution in [-0.4, -0.2) is 27.9 Å². The molecule has 6 heteroatoms. The number of hydrogen-bond acceptors (Lipinski definition) is 4. The van der Waals surface area contributed by atoms with E-state index in [9.17, 15) is 13.2 Å². The van der Waals surface area contributed by atoms with Gasteiger partial charge < -0.3 is 4.74 Å². The molecule has 0 fully saturated rings. The molecule has 5 nitrogen and oxygen atoms in total. The number of anilines is 1. The second kappa shape index (κ2) is 6.28. The van der Waals surface area contributed by atoms with Crippen molar-refractivity contribution in [2.75, 3.05) is 18.0 Å². The minimum Gasteiger partial charge on any atom is -0.497 e. The zero-order valence-electron chi connectivity index (χ0n) is 13.7. The van der Waals surface area contributed by atoms with Gasteiger partial charge in [0.2, 0.25) is 0 Å². The van der Waals surface area contributed by atoms with Gasteiger partial charge in [-0.2, -0.15) is 0 Å². The van der Waals surface area contributed by atoms with Crippen molar-refractivity contribution >= 4 is 21.5 Å². The minimum absolute atomic E-state index is 0.0552. The zero-order chi connectivity index (χ0) is 17.3. The van der Waals surface area contributed by atoms with E-state index in [0.29, 0.717) is 17.0 Å². The summed E-state index contributed by atoms with van der Waals surface area (Å²) in [6.07, 6.45) is 1.02. The minimum atomic E-state index is -3.72. The van der Waals surface area contributed by atoms with Crippen molar-refractivity contribution in [1.82, 2.24) is 0 Å². The van der Waals surface area contributed by atoms with E-state index in [1.165, 1.54) is 11.4 Å². The normalized spacial score (nSPS) is 14.4. The van der Waals surface area contributed by atoms with Crippen molar-refractivity contribution in [1.29, 1.82) is 0 Å². The molecule has 2 aromatic rings. The van der Waals surface area contributed by atoms with Crippen LogP contribution in [0.1, 0.15) is 29.3 Å². The molecule has 0 aliphatic carbocycles. The number of methoxy groups -OCH3 is 1. The molecule has 0 aromatic heterocycles. The molecule has 2 aromatic carbocycles. The van der Waals surface area contributed by atoms with Crippen LogP contribution in [0, 0.1) is 0 Å². The number of nitrogens with zero attached hydrogens (tertiary/aromatic N) is 1. The fourth-order valence-corrected chi connectivity index (χ4v) is 4.29. The third-order valence-corrected chi connectivity index (χ3v) is 6.06. The SMILES string of the molecule is CCc1ccc(S(=O)(=O)N2CCC(=O)c3ccc(OC)cc32)cc1. The average Bonchev–Trinajstić information content (AvgIpc) is 2.61. The third-order valence-electron chi connectivity index (χ3n) is 4.24. The first-order valence-electron chi connectivity index (χ1n) is 7.80. The fraction of sp³-hybridized carbons (Fsp3) is 0.278. The molecule has 0 saturated carbocycles. The molecule has 0 radical (unpaired) electrons. The number of carbonyl (C=O) groups excluding carboxylic acids is 1. The van der Waals surface area contributed by atoms with Crippen LogP contribution in [0.25, 0.3) is 0 Å². The molecule has 126 valence electrons. The molecule has 0 saturated heterocycles. The second-order valence-corrected chi connectivity index (χ2v) is 7.49. The fourth-order valence-electron chi connectivity index (χ4n) is 2.81. The predicted molar refractivity (Wildman–Crippen MR) is 92.3 cm³/mol. The van der Waals surface area contributed by atoms with Gasteiger partial charge in [0.1, 0.15) is 5.75 Å². The van der Waals surface area contributed by atoms with E-state index >= 15 is 0 Å². The van der Waals surface area contributed by atoms with Crippen molar-refractivity contribution in [2.24, 2.45) is 0 Å². The van der Waals surface area contributed by atoms with Crippen LogP contribution in [0.3, 0.4) is 0 Å². The van der Waals surface area contributed by atoms with E-state index in [1.807, 2.05) is 19.1 Å². The van der Waals surface area contributed by atoms with Crippen LogP contribution in [0.2, 0.25) is 0 Å². The number of hydrogen-bond donors (Lipinski definition) is 0. The Labute approximate surface area is 141 Å². The highest BCUT2D eigenvalue weighted by atomic mass is 32.2. The maximum absolute atomic E-state index is 13.0. The van der Waals surface area contributed by atoms with E-state index in [0.717, 1.165) is 12.0 Å². The van der Waals surface area contributed by atoms with Gasteiger partial charge in [0.25, 0.3) is 10.0 Å². The van der Waals surface area contributed by atoms with Crippen molar-refractivity contribution in [2.45, 2.75) is 24.7 Å². The lowest BCUT2D eigenvalue weighted by Gasteiger charge is -2.30. The molecule has 0 amide bonds. The van der Waals surface area contributed by atoms with Crippen LogP contribution in [0.4, 0.5) is 5.69 Å². The van der Waals surface area contributed by atoms with Gasteiger partial charge in [0.05, 0.1) is 17.7 Å². The van der Waals surface area contributed by atoms with Gasteiger partial charge in [-0.1, -0.05) is 19.1 Å². The number of aryl methyl sites for hydroxylation is 1. The molecule has 0 unspecified atom stereocenters. The highest BCUT2D eigenvalue weighted by Gasteiger charge is 2.32. The molecule has 0 bridgehead atoms. The van der Waals surface area contributed by atoms with Gasteiger partial charge in [0, 0.05) is 24.6 Å². The highest BCUT2D eigenvalue weighted by molar-refractivity contribution is 7.92. The number of sulfonamides is 1. The molecule has 1 aliphatic heterocycles. The van der Waals surface area contributed by atoms with Gasteiger partial charge in [0.15, 0.2) is 5.78 Å². The Balaban J connectivity index is 2.08. The van der Waals surface area contributed by atoms with E-state index in [-0.39, 0.29) is 23.6 Å². The highest BCUT2D eigenvalue weighted by Crippen LogP contribution is 2.34. The second-order valence-electron chi connectivity index (χ2n) is 5.63. The van der Waals surface area contributed by atoms with Crippen molar-refractivity contribution < 1.29 is 17.9 Å². The molecule has 0 N–H and O–H groups in total. The lowest BCUT2D eigenvalue weighted by Crippen LogP contribution is -2.37. The predicted octanol–water partition coefficient (Wildman–Crippen LogP) is 3.04. The summed E-state index contributed by atoms with van der Waals surface area (Å²) in [5, 5.41) is 0. The van der Waals surface area contributed by atoms with Crippen molar-refractivity contribution in [3.63, 3.8) is 0 Å². The standard InChI is InChI=1S/C18H19NO4S/c1-3-13-4-7-15(8-5-13)24(21,22)19-11-10-18(20)16-9-6-14(23-2)12-17(16)19/h4-9,12H,3,10-11H2,1-2H3. The van der Waals surface area contributed by atoms with Crippen LogP contribution < -0.4 is 9.04 Å². The summed E-state index contributed by atoms with van der Waals surface area (Å²) in [6, 6.07) is 11.8. The number of ether oxygens (including phenoxy) is 1. The van der Waals surface area contributed by atoms with E-state index in [1.54, 1.807) is 30.3 Å². The molecule has 0 atom stereocenters. The summed E-state index contributed by atoms with van der Waals surface area (Å²) in [7, 11) is -2.21. The summed E-state index contributed by atoms with van der Waals surface area (Å²) >= 11 is 0. The number of Topliss-reactive ketones (excluding diaryl/α,β-unsaturated/α-hetero) is 1. The van der Waals surface area contributed by atoms with Crippen LogP contribution >= 0.6 is 0 Å². The first-order valence-corrected chi connectivity index (χ1v) is 9.24. The first kappa shape index (κ1) is 16.5. The summed E-state index contributed by atoms with van der Waals surface area (Å²) < 4.78 is 32.5. The monoisotopic (exact) mass is 345 g/mol. The molecule has 1 aliphatic rings. The maximum atomic E-state index is 13.0. The van der Waals surface area contributed by atoms with Crippen LogP contribution in [0.5, 0.6) is 5.75 Å². The van der Waals surface area contributed by atoms with Crippen LogP contribution in [-0.2, 0) is 16.4 Å². The Morgan fingerprint density at radius 1 is 1.12 bits per heavy atom. The Morgan fingerprint density at radius 3 is 2.46 bits per heavy atom. The quantitative estimate of drug-likeness (QED) is 0.854. The number of carbonyl (C=O) groups is 1. The zero-order valence-corrected chi connectivity index (χ0v) is 14.5. The Morgan fingerprint density at radius 2 is 1.83 bits per heavy atom. The van der Waals surface area contributed by atoms with Crippen molar-refractivity contribution in [3.05, 3.63) is 53.6 Å². The molecular formula is C18H19NO4S. The molecular weight excluding hydrogens is 326 g/mol. The van der Waals surface area contributed by atoms with Gasteiger partial charge in [-0.25, -0.2) is 8.42 Å². The van der Waals surface area contributed by atoms with E-state index < -0.39 is 10.0 Å². The molecule has 3 rings (SSSR count). The maximum Gasteiger partial charge on any atom is 0.264 e. The smallest absolute Gasteiger partial charge is 0.264 e. The van der Waals surface area contributed by atoms with Gasteiger partial charge in [-0.3, -0.25) is 9.10 Å². The first-order chi connectivity index (χ1) is 11.5. The molecule has 24 heavy (non-hydrogen) atoms. The average molecular weight is 345 g/mol. The van der Waals surface area contributed by atoms with E-state index in [4.69, 9.17) is 4.74 Å². The molecule has 1 heterocycles. The summed E-state index contributed by atoms with van der Waals surface area (Å²) in [5.74, 6) is 0.463. The third kappa shape index (κ3) is 2.78. The largest absolute Gasteiger partial charge is 0.497 e. The van der Waals surface area contributed by atoms with E-state index in [2.05, 4.69) is 0 Å². The van der Waals surface area contributed by atoms with Gasteiger partial charge in [-0.15, -0.1) is 0 Å². The summed E-state index contributed by atoms with van der Waals surface area (Å²) in [4.78, 5) is 12.3. The number of fused-ring (bicyclic) bond motifs is 1. The molecule has 0 spiro atoms. The summed E-state index contributed by atoms with van der Waals surface area (Å²) in [5.41, 5.74) is 1.87. The lowest BCUT2D eigenvalue weighted by molar-refractivity contribution is 0.0982. The van der Waals surface area contributed by atoms with Crippen molar-refractivity contribution in [3.8, 4) is 5.75 Å². The summed E-state index contributed by atoms with van der Waals surface area (Å²) in [6.45, 7) is 2.15. The number of rotatable bonds is 4. The topological polar surface area (TPSA) is 63.7 Å². The van der Waals surface area contributed by atoms with Crippen LogP contribution in [0.15, 0.2) is 47.4 Å². The number of benzene rings is 2. The van der Waals surface area contributed by atoms with Gasteiger partial charge >= 0.3 is 0 Å². The Bertz CT molecular complexity index is 872.